The standard InChI is InChI=1S/C25H33FN2O4S/c1-18-14-22(20-8-5-4-6-9-20)15-23(25(18)26)24(29)16-27-33(30,31)19(2)21-10-7-11-28(17-21)12-13-32-3/h4-6,8-9,14-15,19,21,27H,7,10-13,16-17H2,1-3H3. The molecule has 3 rings (SSSR count). The van der Waals surface area contributed by atoms with Gasteiger partial charge >= 0.3 is 0 Å². The fourth-order valence-electron chi connectivity index (χ4n) is 4.31. The molecule has 1 fully saturated rings. The molecule has 0 amide bonds. The molecule has 2 atom stereocenters. The Bertz CT molecular complexity index is 1060. The van der Waals surface area contributed by atoms with Gasteiger partial charge in [0, 0.05) is 20.2 Å². The van der Waals surface area contributed by atoms with E-state index in [1.807, 2.05) is 30.3 Å². The van der Waals surface area contributed by atoms with Crippen LogP contribution in [-0.4, -0.2) is 64.2 Å². The van der Waals surface area contributed by atoms with Gasteiger partial charge in [0.15, 0.2) is 5.78 Å². The minimum atomic E-state index is -3.74. The van der Waals surface area contributed by atoms with Crippen molar-refractivity contribution >= 4 is 15.8 Å². The van der Waals surface area contributed by atoms with Crippen LogP contribution < -0.4 is 4.72 Å². The molecule has 1 aliphatic heterocycles. The molecule has 0 spiro atoms. The van der Waals surface area contributed by atoms with E-state index in [0.717, 1.165) is 31.5 Å². The van der Waals surface area contributed by atoms with Crippen molar-refractivity contribution in [1.82, 2.24) is 9.62 Å². The van der Waals surface area contributed by atoms with Crippen molar-refractivity contribution in [1.29, 1.82) is 0 Å². The summed E-state index contributed by atoms with van der Waals surface area (Å²) in [5, 5.41) is -0.655. The number of ketones is 1. The molecule has 1 N–H and O–H groups in total. The zero-order valence-corrected chi connectivity index (χ0v) is 20.3. The molecule has 33 heavy (non-hydrogen) atoms. The van der Waals surface area contributed by atoms with Crippen molar-refractivity contribution in [2.45, 2.75) is 31.9 Å². The fourth-order valence-corrected chi connectivity index (χ4v) is 5.64. The van der Waals surface area contributed by atoms with Crippen LogP contribution in [0.5, 0.6) is 0 Å². The van der Waals surface area contributed by atoms with E-state index in [0.29, 0.717) is 24.3 Å². The molecule has 8 heteroatoms. The van der Waals surface area contributed by atoms with Crippen molar-refractivity contribution in [3.05, 3.63) is 59.4 Å². The Balaban J connectivity index is 1.69. The smallest absolute Gasteiger partial charge is 0.214 e. The van der Waals surface area contributed by atoms with E-state index in [1.54, 1.807) is 27.0 Å². The average molecular weight is 477 g/mol. The number of nitrogens with zero attached hydrogens (tertiary/aromatic N) is 1. The molecule has 180 valence electrons. The van der Waals surface area contributed by atoms with Gasteiger partial charge in [0.1, 0.15) is 5.82 Å². The first kappa shape index (κ1) is 25.5. The summed E-state index contributed by atoms with van der Waals surface area (Å²) < 4.78 is 48.2. The first-order chi connectivity index (χ1) is 15.7. The van der Waals surface area contributed by atoms with Crippen LogP contribution in [0.15, 0.2) is 42.5 Å². The highest BCUT2D eigenvalue weighted by Crippen LogP contribution is 2.26. The Morgan fingerprint density at radius 3 is 2.67 bits per heavy atom. The van der Waals surface area contributed by atoms with Gasteiger partial charge in [-0.15, -0.1) is 0 Å². The van der Waals surface area contributed by atoms with Crippen LogP contribution in [0.1, 0.15) is 35.7 Å². The largest absolute Gasteiger partial charge is 0.383 e. The first-order valence-corrected chi connectivity index (χ1v) is 12.9. The van der Waals surface area contributed by atoms with Gasteiger partial charge in [0.2, 0.25) is 10.0 Å². The second kappa shape index (κ2) is 11.3. The van der Waals surface area contributed by atoms with Crippen molar-refractivity contribution in [2.24, 2.45) is 5.92 Å². The topological polar surface area (TPSA) is 75.7 Å². The van der Waals surface area contributed by atoms with Crippen molar-refractivity contribution in [2.75, 3.05) is 39.9 Å². The maximum atomic E-state index is 14.7. The van der Waals surface area contributed by atoms with Crippen molar-refractivity contribution in [3.8, 4) is 11.1 Å². The lowest BCUT2D eigenvalue weighted by Gasteiger charge is -2.35. The summed E-state index contributed by atoms with van der Waals surface area (Å²) in [6, 6.07) is 12.6. The maximum absolute atomic E-state index is 14.7. The van der Waals surface area contributed by atoms with Crippen LogP contribution >= 0.6 is 0 Å². The minimum absolute atomic E-state index is 0.0383. The van der Waals surface area contributed by atoms with E-state index >= 15 is 0 Å². The molecule has 6 nitrogen and oxygen atoms in total. The molecule has 1 heterocycles. The predicted octanol–water partition coefficient (Wildman–Crippen LogP) is 3.65. The number of nitrogens with one attached hydrogen (secondary N) is 1. The second-order valence-electron chi connectivity index (χ2n) is 8.71. The van der Waals surface area contributed by atoms with Gasteiger partial charge < -0.3 is 9.64 Å². The molecule has 2 aromatic carbocycles. The van der Waals surface area contributed by atoms with Crippen LogP contribution in [0.2, 0.25) is 0 Å². The number of halogens is 1. The number of sulfonamides is 1. The van der Waals surface area contributed by atoms with Crippen LogP contribution in [0, 0.1) is 18.7 Å². The van der Waals surface area contributed by atoms with Gasteiger partial charge in [-0.05, 0) is 68.0 Å². The summed E-state index contributed by atoms with van der Waals surface area (Å²) in [4.78, 5) is 15.0. The summed E-state index contributed by atoms with van der Waals surface area (Å²) in [6.07, 6.45) is 1.73. The third kappa shape index (κ3) is 6.47. The fraction of sp³-hybridized carbons (Fsp3) is 0.480. The average Bonchev–Trinajstić information content (AvgIpc) is 2.83. The zero-order chi connectivity index (χ0) is 24.0. The second-order valence-corrected chi connectivity index (χ2v) is 10.8. The number of carbonyl (C=O) groups excluding carboxylic acids is 1. The number of aryl methyl sites for hydroxylation is 1. The van der Waals surface area contributed by atoms with E-state index in [1.165, 1.54) is 6.07 Å². The van der Waals surface area contributed by atoms with Gasteiger partial charge in [-0.3, -0.25) is 4.79 Å². The number of carbonyl (C=O) groups is 1. The molecule has 1 aliphatic rings. The third-order valence-electron chi connectivity index (χ3n) is 6.40. The summed E-state index contributed by atoms with van der Waals surface area (Å²) in [6.45, 7) is 5.78. The Hall–Kier alpha value is -2.13. The normalized spacial score (nSPS) is 18.2. The number of likely N-dealkylation sites (tertiary alicyclic amines) is 1. The molecule has 0 bridgehead atoms. The van der Waals surface area contributed by atoms with Crippen molar-refractivity contribution < 1.29 is 22.3 Å². The monoisotopic (exact) mass is 476 g/mol. The van der Waals surface area contributed by atoms with Crippen molar-refractivity contribution in [3.63, 3.8) is 0 Å². The lowest BCUT2D eigenvalue weighted by molar-refractivity contribution is 0.0992. The van der Waals surface area contributed by atoms with Crippen LogP contribution in [-0.2, 0) is 14.8 Å². The van der Waals surface area contributed by atoms with E-state index in [2.05, 4.69) is 9.62 Å². The quantitative estimate of drug-likeness (QED) is 0.530. The van der Waals surface area contributed by atoms with E-state index in [4.69, 9.17) is 4.74 Å². The lowest BCUT2D eigenvalue weighted by atomic mass is 9.95. The van der Waals surface area contributed by atoms with Crippen LogP contribution in [0.4, 0.5) is 4.39 Å². The Morgan fingerprint density at radius 2 is 1.97 bits per heavy atom. The number of Topliss-reactive ketones (excluding diaryl/α,β-unsaturated/α-hetero) is 1. The summed E-state index contributed by atoms with van der Waals surface area (Å²) in [5.41, 5.74) is 1.81. The number of benzene rings is 2. The highest BCUT2D eigenvalue weighted by molar-refractivity contribution is 7.90. The molecule has 0 aliphatic carbocycles. The Morgan fingerprint density at radius 1 is 1.24 bits per heavy atom. The number of methoxy groups -OCH3 is 1. The molecule has 0 saturated carbocycles. The van der Waals surface area contributed by atoms with E-state index < -0.39 is 33.4 Å². The molecule has 0 aromatic heterocycles. The minimum Gasteiger partial charge on any atom is -0.383 e. The van der Waals surface area contributed by atoms with E-state index in [9.17, 15) is 17.6 Å². The first-order valence-electron chi connectivity index (χ1n) is 11.3. The number of hydrogen-bond acceptors (Lipinski definition) is 5. The van der Waals surface area contributed by atoms with Crippen LogP contribution in [0.3, 0.4) is 0 Å². The summed E-state index contributed by atoms with van der Waals surface area (Å²) >= 11 is 0. The lowest BCUT2D eigenvalue weighted by Crippen LogP contribution is -2.46. The third-order valence-corrected chi connectivity index (χ3v) is 8.31. The molecule has 0 radical (unpaired) electrons. The summed E-state index contributed by atoms with van der Waals surface area (Å²) in [5.74, 6) is -1.24. The SMILES string of the molecule is COCCN1CCCC(C(C)S(=O)(=O)NCC(=O)c2cc(-c3ccccc3)cc(C)c2F)C1. The highest BCUT2D eigenvalue weighted by Gasteiger charge is 2.33. The van der Waals surface area contributed by atoms with Gasteiger partial charge in [-0.25, -0.2) is 17.5 Å². The zero-order valence-electron chi connectivity index (χ0n) is 19.5. The number of ether oxygens (including phenoxy) is 1. The molecule has 2 unspecified atom stereocenters. The molecular weight excluding hydrogens is 443 g/mol. The number of hydrogen-bond donors (Lipinski definition) is 1. The highest BCUT2D eigenvalue weighted by atomic mass is 32.2. The Kier molecular flexibility index (Phi) is 8.75. The van der Waals surface area contributed by atoms with Gasteiger partial charge in [0.25, 0.3) is 0 Å². The molecular formula is C25H33FN2O4S. The van der Waals surface area contributed by atoms with Gasteiger partial charge in [-0.2, -0.15) is 0 Å². The molecule has 1 saturated heterocycles. The van der Waals surface area contributed by atoms with Gasteiger partial charge in [-0.1, -0.05) is 30.3 Å². The predicted molar refractivity (Wildman–Crippen MR) is 128 cm³/mol. The number of piperidine rings is 1. The Labute approximate surface area is 196 Å². The molecule has 2 aromatic rings. The van der Waals surface area contributed by atoms with Crippen LogP contribution in [0.25, 0.3) is 11.1 Å². The number of rotatable bonds is 10. The maximum Gasteiger partial charge on any atom is 0.214 e. The van der Waals surface area contributed by atoms with E-state index in [-0.39, 0.29) is 11.5 Å². The summed E-state index contributed by atoms with van der Waals surface area (Å²) in [7, 11) is -2.10. The van der Waals surface area contributed by atoms with Gasteiger partial charge in [0.05, 0.1) is 24.0 Å².